The second-order valence-corrected chi connectivity index (χ2v) is 7.04. The summed E-state index contributed by atoms with van der Waals surface area (Å²) in [6, 6.07) is 18.6. The van der Waals surface area contributed by atoms with Crippen LogP contribution in [0, 0.1) is 0 Å². The Morgan fingerprint density at radius 1 is 0.706 bits per heavy atom. The number of hydrogen-bond acceptors (Lipinski definition) is 6. The molecule has 0 saturated carbocycles. The van der Waals surface area contributed by atoms with E-state index < -0.39 is 11.8 Å². The van der Waals surface area contributed by atoms with Gasteiger partial charge in [0.25, 0.3) is 11.8 Å². The molecular weight excluding hydrogens is 436 g/mol. The van der Waals surface area contributed by atoms with Gasteiger partial charge in [-0.1, -0.05) is 6.07 Å². The van der Waals surface area contributed by atoms with Gasteiger partial charge in [-0.2, -0.15) is 0 Å². The molecule has 176 valence electrons. The first kappa shape index (κ1) is 24.2. The summed E-state index contributed by atoms with van der Waals surface area (Å²) in [7, 11) is 6.17. The first-order valence-corrected chi connectivity index (χ1v) is 10.3. The first-order chi connectivity index (χ1) is 16.5. The number of hydrogen-bond donors (Lipinski definition) is 2. The zero-order valence-electron chi connectivity index (χ0n) is 19.4. The topological polar surface area (TPSA) is 95.1 Å². The molecule has 3 rings (SSSR count). The van der Waals surface area contributed by atoms with E-state index in [4.69, 9.17) is 18.9 Å². The van der Waals surface area contributed by atoms with Gasteiger partial charge in [-0.15, -0.1) is 0 Å². The lowest BCUT2D eigenvalue weighted by molar-refractivity contribution is -0.113. The second kappa shape index (κ2) is 11.4. The van der Waals surface area contributed by atoms with Gasteiger partial charge in [0.05, 0.1) is 28.4 Å². The highest BCUT2D eigenvalue weighted by Crippen LogP contribution is 2.28. The number of ether oxygens (including phenoxy) is 4. The normalized spacial score (nSPS) is 10.8. The van der Waals surface area contributed by atoms with Gasteiger partial charge in [-0.3, -0.25) is 9.59 Å². The number of carbonyl (C=O) groups is 2. The van der Waals surface area contributed by atoms with Crippen LogP contribution in [0.1, 0.15) is 15.9 Å². The summed E-state index contributed by atoms with van der Waals surface area (Å²) in [5.74, 6) is 1.38. The molecule has 0 spiro atoms. The summed E-state index contributed by atoms with van der Waals surface area (Å²) in [4.78, 5) is 26.0. The second-order valence-electron chi connectivity index (χ2n) is 7.04. The number of amides is 2. The third-order valence-electron chi connectivity index (χ3n) is 4.91. The van der Waals surface area contributed by atoms with E-state index in [2.05, 4.69) is 10.6 Å². The molecule has 0 radical (unpaired) electrons. The minimum absolute atomic E-state index is 0.0452. The lowest BCUT2D eigenvalue weighted by atomic mass is 10.1. The average Bonchev–Trinajstić information content (AvgIpc) is 2.88. The summed E-state index contributed by atoms with van der Waals surface area (Å²) in [6.45, 7) is 0. The summed E-state index contributed by atoms with van der Waals surface area (Å²) < 4.78 is 20.9. The van der Waals surface area contributed by atoms with Gasteiger partial charge in [0, 0.05) is 11.3 Å². The summed E-state index contributed by atoms with van der Waals surface area (Å²) >= 11 is 0. The van der Waals surface area contributed by atoms with Crippen LogP contribution in [0.4, 0.5) is 5.69 Å². The largest absolute Gasteiger partial charge is 0.497 e. The fourth-order valence-corrected chi connectivity index (χ4v) is 3.08. The van der Waals surface area contributed by atoms with E-state index in [9.17, 15) is 9.59 Å². The highest BCUT2D eigenvalue weighted by Gasteiger charge is 2.16. The van der Waals surface area contributed by atoms with Crippen molar-refractivity contribution < 1.29 is 28.5 Å². The van der Waals surface area contributed by atoms with Crippen molar-refractivity contribution in [3.05, 3.63) is 83.6 Å². The molecule has 0 saturated heterocycles. The lowest BCUT2D eigenvalue weighted by Crippen LogP contribution is -2.30. The van der Waals surface area contributed by atoms with Crippen molar-refractivity contribution in [3.8, 4) is 23.0 Å². The Morgan fingerprint density at radius 2 is 1.29 bits per heavy atom. The Hall–Kier alpha value is -4.46. The van der Waals surface area contributed by atoms with Crippen molar-refractivity contribution in [1.29, 1.82) is 0 Å². The fraction of sp³-hybridized carbons (Fsp3) is 0.154. The maximum Gasteiger partial charge on any atom is 0.272 e. The summed E-state index contributed by atoms with van der Waals surface area (Å²) in [5, 5.41) is 5.49. The Kier molecular flexibility index (Phi) is 8.12. The summed E-state index contributed by atoms with van der Waals surface area (Å²) in [6.07, 6.45) is 1.56. The van der Waals surface area contributed by atoms with Crippen molar-refractivity contribution in [2.45, 2.75) is 0 Å². The molecule has 0 aromatic heterocycles. The molecule has 0 aliphatic carbocycles. The van der Waals surface area contributed by atoms with Gasteiger partial charge < -0.3 is 29.6 Å². The minimum Gasteiger partial charge on any atom is -0.497 e. The molecule has 0 heterocycles. The van der Waals surface area contributed by atoms with E-state index in [0.29, 0.717) is 39.8 Å². The Balaban J connectivity index is 1.91. The maximum absolute atomic E-state index is 13.1. The van der Waals surface area contributed by atoms with Gasteiger partial charge in [0.2, 0.25) is 0 Å². The molecular formula is C26H26N2O6. The van der Waals surface area contributed by atoms with E-state index in [1.165, 1.54) is 14.2 Å². The van der Waals surface area contributed by atoms with E-state index in [-0.39, 0.29) is 5.70 Å². The number of benzene rings is 3. The Labute approximate surface area is 198 Å². The first-order valence-electron chi connectivity index (χ1n) is 10.3. The molecule has 2 N–H and O–H groups in total. The van der Waals surface area contributed by atoms with Crippen molar-refractivity contribution >= 4 is 23.6 Å². The molecule has 3 aromatic rings. The van der Waals surface area contributed by atoms with Gasteiger partial charge >= 0.3 is 0 Å². The van der Waals surface area contributed by atoms with Crippen LogP contribution in [0.25, 0.3) is 6.08 Å². The number of methoxy groups -OCH3 is 4. The van der Waals surface area contributed by atoms with Crippen molar-refractivity contribution in [2.75, 3.05) is 33.8 Å². The number of anilines is 1. The molecule has 8 nitrogen and oxygen atoms in total. The van der Waals surface area contributed by atoms with Crippen LogP contribution in [-0.4, -0.2) is 40.3 Å². The third kappa shape index (κ3) is 6.07. The van der Waals surface area contributed by atoms with Gasteiger partial charge in [0.15, 0.2) is 11.5 Å². The van der Waals surface area contributed by atoms with Crippen molar-refractivity contribution in [3.63, 3.8) is 0 Å². The van der Waals surface area contributed by atoms with Crippen molar-refractivity contribution in [1.82, 2.24) is 5.32 Å². The smallest absolute Gasteiger partial charge is 0.272 e. The molecule has 0 bridgehead atoms. The highest BCUT2D eigenvalue weighted by molar-refractivity contribution is 6.10. The quantitative estimate of drug-likeness (QED) is 0.465. The third-order valence-corrected chi connectivity index (χ3v) is 4.91. The van der Waals surface area contributed by atoms with Crippen LogP contribution < -0.4 is 29.6 Å². The SMILES string of the molecule is COc1ccc(NC(=O)C(=Cc2ccc(OC)c(OC)c2)NC(=O)c2ccc(OC)cc2)cc1. The summed E-state index contributed by atoms with van der Waals surface area (Å²) in [5.41, 5.74) is 1.59. The van der Waals surface area contributed by atoms with Crippen LogP contribution in [0.2, 0.25) is 0 Å². The van der Waals surface area contributed by atoms with E-state index >= 15 is 0 Å². The van der Waals surface area contributed by atoms with E-state index in [0.717, 1.165) is 0 Å². The van der Waals surface area contributed by atoms with Gasteiger partial charge in [0.1, 0.15) is 17.2 Å². The number of nitrogens with one attached hydrogen (secondary N) is 2. The average molecular weight is 463 g/mol. The van der Waals surface area contributed by atoms with Gasteiger partial charge in [-0.05, 0) is 72.3 Å². The molecule has 0 aliphatic heterocycles. The van der Waals surface area contributed by atoms with E-state index in [1.54, 1.807) is 87.0 Å². The number of carbonyl (C=O) groups excluding carboxylic acids is 2. The molecule has 2 amide bonds. The number of rotatable bonds is 9. The van der Waals surface area contributed by atoms with E-state index in [1.807, 2.05) is 0 Å². The highest BCUT2D eigenvalue weighted by atomic mass is 16.5. The van der Waals surface area contributed by atoms with Crippen molar-refractivity contribution in [2.24, 2.45) is 0 Å². The van der Waals surface area contributed by atoms with Crippen LogP contribution in [-0.2, 0) is 4.79 Å². The molecule has 0 unspecified atom stereocenters. The standard InChI is InChI=1S/C26H26N2O6/c1-31-20-10-6-18(7-11-20)25(29)28-22(15-17-5-14-23(33-3)24(16-17)34-4)26(30)27-19-8-12-21(32-2)13-9-19/h5-16H,1-4H3,(H,27,30)(H,28,29). The zero-order valence-corrected chi connectivity index (χ0v) is 19.4. The Bertz CT molecular complexity index is 1170. The lowest BCUT2D eigenvalue weighted by Gasteiger charge is -2.13. The molecule has 34 heavy (non-hydrogen) atoms. The molecule has 0 aliphatic rings. The molecule has 8 heteroatoms. The molecule has 0 atom stereocenters. The maximum atomic E-state index is 13.1. The Morgan fingerprint density at radius 3 is 1.85 bits per heavy atom. The predicted octanol–water partition coefficient (Wildman–Crippen LogP) is 4.13. The van der Waals surface area contributed by atoms with Crippen LogP contribution >= 0.6 is 0 Å². The zero-order chi connectivity index (χ0) is 24.5. The van der Waals surface area contributed by atoms with Crippen LogP contribution in [0.3, 0.4) is 0 Å². The fourth-order valence-electron chi connectivity index (χ4n) is 3.08. The molecule has 0 fully saturated rings. The monoisotopic (exact) mass is 462 g/mol. The van der Waals surface area contributed by atoms with Crippen LogP contribution in [0.15, 0.2) is 72.4 Å². The minimum atomic E-state index is -0.498. The molecule has 3 aromatic carbocycles. The predicted molar refractivity (Wildman–Crippen MR) is 130 cm³/mol. The van der Waals surface area contributed by atoms with Crippen LogP contribution in [0.5, 0.6) is 23.0 Å². The van der Waals surface area contributed by atoms with Gasteiger partial charge in [-0.25, -0.2) is 0 Å².